The van der Waals surface area contributed by atoms with Gasteiger partial charge in [0.1, 0.15) is 18.5 Å². The van der Waals surface area contributed by atoms with E-state index in [1.165, 1.54) is 0 Å². The highest BCUT2D eigenvalue weighted by Gasteiger charge is 2.15. The number of likely N-dealkylation sites (N-methyl/N-ethyl adjacent to an activating group) is 1. The van der Waals surface area contributed by atoms with Crippen molar-refractivity contribution in [3.05, 3.63) is 29.8 Å². The Morgan fingerprint density at radius 2 is 1.95 bits per heavy atom. The molecule has 21 heavy (non-hydrogen) atoms. The number of nitrogens with two attached hydrogens (primary N) is 1. The third-order valence-corrected chi connectivity index (χ3v) is 3.88. The number of benzene rings is 1. The molecular formula is C16H27N3O2. The van der Waals surface area contributed by atoms with Crippen LogP contribution in [0.4, 0.5) is 0 Å². The highest BCUT2D eigenvalue weighted by molar-refractivity contribution is 5.27. The molecule has 0 amide bonds. The van der Waals surface area contributed by atoms with E-state index in [1.807, 2.05) is 24.3 Å². The third kappa shape index (κ3) is 5.63. The Bertz CT molecular complexity index is 410. The monoisotopic (exact) mass is 293 g/mol. The fraction of sp³-hybridized carbons (Fsp3) is 0.625. The Labute approximate surface area is 127 Å². The summed E-state index contributed by atoms with van der Waals surface area (Å²) in [6, 6.07) is 7.70. The van der Waals surface area contributed by atoms with E-state index in [0.717, 1.165) is 43.9 Å². The highest BCUT2D eigenvalue weighted by Crippen LogP contribution is 2.12. The molecule has 0 radical (unpaired) electrons. The molecule has 1 saturated heterocycles. The van der Waals surface area contributed by atoms with E-state index < -0.39 is 6.10 Å². The van der Waals surface area contributed by atoms with Crippen LogP contribution in [0.25, 0.3) is 0 Å². The molecule has 118 valence electrons. The van der Waals surface area contributed by atoms with Crippen LogP contribution >= 0.6 is 0 Å². The molecule has 1 aromatic rings. The van der Waals surface area contributed by atoms with Gasteiger partial charge >= 0.3 is 0 Å². The Morgan fingerprint density at radius 3 is 2.67 bits per heavy atom. The molecule has 0 saturated carbocycles. The molecule has 5 heteroatoms. The number of ether oxygens (including phenoxy) is 1. The van der Waals surface area contributed by atoms with Crippen molar-refractivity contribution in [1.82, 2.24) is 9.80 Å². The molecular weight excluding hydrogens is 266 g/mol. The van der Waals surface area contributed by atoms with Crippen molar-refractivity contribution in [2.75, 3.05) is 46.4 Å². The normalized spacial score (nSPS) is 19.2. The van der Waals surface area contributed by atoms with Crippen molar-refractivity contribution < 1.29 is 9.84 Å². The minimum Gasteiger partial charge on any atom is -0.491 e. The van der Waals surface area contributed by atoms with E-state index in [-0.39, 0.29) is 0 Å². The Hall–Kier alpha value is -1.14. The number of hydrogen-bond donors (Lipinski definition) is 2. The summed E-state index contributed by atoms with van der Waals surface area (Å²) in [5.74, 6) is 0.779. The van der Waals surface area contributed by atoms with Crippen LogP contribution in [-0.4, -0.2) is 67.4 Å². The lowest BCUT2D eigenvalue weighted by molar-refractivity contribution is 0.0696. The first-order valence-electron chi connectivity index (χ1n) is 7.68. The van der Waals surface area contributed by atoms with Gasteiger partial charge in [0.05, 0.1) is 0 Å². The van der Waals surface area contributed by atoms with Crippen molar-refractivity contribution in [2.45, 2.75) is 19.1 Å². The Balaban J connectivity index is 1.72. The van der Waals surface area contributed by atoms with Crippen molar-refractivity contribution >= 4 is 0 Å². The number of rotatable bonds is 6. The average molecular weight is 293 g/mol. The summed E-state index contributed by atoms with van der Waals surface area (Å²) in [4.78, 5) is 4.65. The van der Waals surface area contributed by atoms with E-state index in [4.69, 9.17) is 10.5 Å². The van der Waals surface area contributed by atoms with Gasteiger partial charge in [-0.25, -0.2) is 0 Å². The third-order valence-electron chi connectivity index (χ3n) is 3.88. The summed E-state index contributed by atoms with van der Waals surface area (Å²) in [6.07, 6.45) is 0.701. The van der Waals surface area contributed by atoms with Gasteiger partial charge in [0, 0.05) is 26.2 Å². The van der Waals surface area contributed by atoms with Gasteiger partial charge in [-0.3, -0.25) is 4.90 Å². The lowest BCUT2D eigenvalue weighted by Crippen LogP contribution is -2.37. The van der Waals surface area contributed by atoms with E-state index in [0.29, 0.717) is 19.7 Å². The van der Waals surface area contributed by atoms with E-state index >= 15 is 0 Å². The van der Waals surface area contributed by atoms with Crippen molar-refractivity contribution in [2.24, 2.45) is 5.73 Å². The highest BCUT2D eigenvalue weighted by atomic mass is 16.5. The summed E-state index contributed by atoms with van der Waals surface area (Å²) in [6.45, 7) is 5.80. The first-order valence-corrected chi connectivity index (χ1v) is 7.68. The molecule has 0 spiro atoms. The molecule has 0 aliphatic carbocycles. The SMILES string of the molecule is CN1CCCN(CC(O)COc2ccc(CN)cc2)CC1. The molecule has 1 atom stereocenters. The van der Waals surface area contributed by atoms with E-state index in [2.05, 4.69) is 16.8 Å². The van der Waals surface area contributed by atoms with Crippen LogP contribution in [0.2, 0.25) is 0 Å². The molecule has 1 heterocycles. The number of β-amino-alcohol motifs (C(OH)–C–C–N with tert-alkyl or cyclic N) is 1. The second-order valence-corrected chi connectivity index (χ2v) is 5.77. The quantitative estimate of drug-likeness (QED) is 0.801. The largest absolute Gasteiger partial charge is 0.491 e. The fourth-order valence-corrected chi connectivity index (χ4v) is 2.55. The maximum atomic E-state index is 10.1. The minimum atomic E-state index is -0.456. The standard InChI is InChI=1S/C16H27N3O2/c1-18-7-2-8-19(10-9-18)12-15(20)13-21-16-5-3-14(11-17)4-6-16/h3-6,15,20H,2,7-13,17H2,1H3. The zero-order valence-corrected chi connectivity index (χ0v) is 12.9. The molecule has 1 unspecified atom stereocenters. The van der Waals surface area contributed by atoms with Gasteiger partial charge in [-0.2, -0.15) is 0 Å². The molecule has 1 aliphatic rings. The van der Waals surface area contributed by atoms with E-state index in [9.17, 15) is 5.11 Å². The lowest BCUT2D eigenvalue weighted by Gasteiger charge is -2.23. The molecule has 3 N–H and O–H groups in total. The fourth-order valence-electron chi connectivity index (χ4n) is 2.55. The summed E-state index contributed by atoms with van der Waals surface area (Å²) < 4.78 is 5.63. The number of hydrogen-bond acceptors (Lipinski definition) is 5. The molecule has 0 bridgehead atoms. The molecule has 5 nitrogen and oxygen atoms in total. The minimum absolute atomic E-state index is 0.328. The first-order chi connectivity index (χ1) is 10.2. The molecule has 0 aromatic heterocycles. The summed E-state index contributed by atoms with van der Waals surface area (Å²) >= 11 is 0. The zero-order valence-electron chi connectivity index (χ0n) is 12.9. The van der Waals surface area contributed by atoms with Crippen LogP contribution in [0.15, 0.2) is 24.3 Å². The topological polar surface area (TPSA) is 62.0 Å². The number of nitrogens with zero attached hydrogens (tertiary/aromatic N) is 2. The van der Waals surface area contributed by atoms with Crippen molar-refractivity contribution in [3.63, 3.8) is 0 Å². The predicted molar refractivity (Wildman–Crippen MR) is 84.4 cm³/mol. The number of aliphatic hydroxyl groups is 1. The average Bonchev–Trinajstić information content (AvgIpc) is 2.70. The van der Waals surface area contributed by atoms with E-state index in [1.54, 1.807) is 0 Å². The molecule has 1 aromatic carbocycles. The second-order valence-electron chi connectivity index (χ2n) is 5.77. The Morgan fingerprint density at radius 1 is 1.19 bits per heavy atom. The summed E-state index contributed by atoms with van der Waals surface area (Å²) in [7, 11) is 2.15. The summed E-state index contributed by atoms with van der Waals surface area (Å²) in [5.41, 5.74) is 6.64. The molecule has 2 rings (SSSR count). The lowest BCUT2D eigenvalue weighted by atomic mass is 10.2. The van der Waals surface area contributed by atoms with Crippen LogP contribution in [0.1, 0.15) is 12.0 Å². The van der Waals surface area contributed by atoms with Gasteiger partial charge in [-0.05, 0) is 44.3 Å². The first kappa shape index (κ1) is 16.2. The predicted octanol–water partition coefficient (Wildman–Crippen LogP) is 0.523. The van der Waals surface area contributed by atoms with Crippen LogP contribution in [0.5, 0.6) is 5.75 Å². The maximum absolute atomic E-state index is 10.1. The maximum Gasteiger partial charge on any atom is 0.119 e. The van der Waals surface area contributed by atoms with Crippen LogP contribution in [-0.2, 0) is 6.54 Å². The van der Waals surface area contributed by atoms with Gasteiger partial charge in [0.25, 0.3) is 0 Å². The van der Waals surface area contributed by atoms with Crippen LogP contribution < -0.4 is 10.5 Å². The van der Waals surface area contributed by atoms with Gasteiger partial charge < -0.3 is 20.5 Å². The van der Waals surface area contributed by atoms with Gasteiger partial charge in [0.15, 0.2) is 0 Å². The van der Waals surface area contributed by atoms with Gasteiger partial charge in [-0.1, -0.05) is 12.1 Å². The van der Waals surface area contributed by atoms with Crippen molar-refractivity contribution in [1.29, 1.82) is 0 Å². The molecule has 1 fully saturated rings. The number of aliphatic hydroxyl groups excluding tert-OH is 1. The summed E-state index contributed by atoms with van der Waals surface area (Å²) in [5, 5.41) is 10.1. The second kappa shape index (κ2) is 8.34. The molecule has 1 aliphatic heterocycles. The Kier molecular flexibility index (Phi) is 6.45. The van der Waals surface area contributed by atoms with Gasteiger partial charge in [-0.15, -0.1) is 0 Å². The smallest absolute Gasteiger partial charge is 0.119 e. The zero-order chi connectivity index (χ0) is 15.1. The van der Waals surface area contributed by atoms with Gasteiger partial charge in [0.2, 0.25) is 0 Å². The van der Waals surface area contributed by atoms with Crippen LogP contribution in [0, 0.1) is 0 Å². The van der Waals surface area contributed by atoms with Crippen LogP contribution in [0.3, 0.4) is 0 Å². The van der Waals surface area contributed by atoms with Crippen molar-refractivity contribution in [3.8, 4) is 5.75 Å².